The Labute approximate surface area is 142 Å². The molecule has 1 aromatic carbocycles. The van der Waals surface area contributed by atoms with Gasteiger partial charge >= 0.3 is 6.16 Å². The molecule has 2 N–H and O–H groups in total. The van der Waals surface area contributed by atoms with Crippen LogP contribution < -0.4 is 5.73 Å². The van der Waals surface area contributed by atoms with Crippen LogP contribution in [0.15, 0.2) is 41.2 Å². The molecule has 0 saturated carbocycles. The number of hydrogen-bond donors (Lipinski definition) is 1. The molecule has 0 amide bonds. The number of carbonyl (C=O) groups excluding carboxylic acids is 1. The minimum absolute atomic E-state index is 0.0543. The zero-order valence-corrected chi connectivity index (χ0v) is 13.7. The van der Waals surface area contributed by atoms with Gasteiger partial charge in [0.15, 0.2) is 5.76 Å². The van der Waals surface area contributed by atoms with Gasteiger partial charge in [0.25, 0.3) is 0 Å². The lowest BCUT2D eigenvalue weighted by atomic mass is 9.88. The van der Waals surface area contributed by atoms with E-state index < -0.39 is 12.1 Å². The van der Waals surface area contributed by atoms with Crippen LogP contribution in [0.4, 0.5) is 4.79 Å². The van der Waals surface area contributed by atoms with Crippen molar-refractivity contribution >= 4 is 29.4 Å². The first-order valence-corrected chi connectivity index (χ1v) is 7.14. The first kappa shape index (κ1) is 17.0. The molecule has 0 spiro atoms. The molecule has 120 valence electrons. The van der Waals surface area contributed by atoms with Crippen LogP contribution in [-0.2, 0) is 14.2 Å². The normalized spacial score (nSPS) is 17.4. The Hall–Kier alpha value is -2.36. The lowest BCUT2D eigenvalue weighted by Gasteiger charge is -2.27. The van der Waals surface area contributed by atoms with Crippen LogP contribution in [0.25, 0.3) is 0 Å². The molecule has 0 bridgehead atoms. The van der Waals surface area contributed by atoms with Gasteiger partial charge in [-0.1, -0.05) is 35.3 Å². The Kier molecular flexibility index (Phi) is 5.04. The molecule has 0 saturated heterocycles. The van der Waals surface area contributed by atoms with Crippen LogP contribution in [-0.4, -0.2) is 13.3 Å². The standard InChI is InChI=1S/C15H12Cl2N2O4/c1-7-13(23-15(20)21-2)11(9(6-18)14(19)22-7)8-4-3-5-10(16)12(8)17/h3-5,11H,19H2,1-2H3. The molecule has 1 atom stereocenters. The van der Waals surface area contributed by atoms with Crippen LogP contribution in [0.3, 0.4) is 0 Å². The first-order chi connectivity index (χ1) is 10.9. The molecule has 1 unspecified atom stereocenters. The Balaban J connectivity index is 2.64. The molecule has 0 fully saturated rings. The van der Waals surface area contributed by atoms with Crippen molar-refractivity contribution in [1.82, 2.24) is 0 Å². The van der Waals surface area contributed by atoms with Crippen molar-refractivity contribution < 1.29 is 19.0 Å². The van der Waals surface area contributed by atoms with Gasteiger partial charge in [0.05, 0.1) is 23.1 Å². The summed E-state index contributed by atoms with van der Waals surface area (Å²) in [5.74, 6) is -0.651. The summed E-state index contributed by atoms with van der Waals surface area (Å²) < 4.78 is 14.9. The Morgan fingerprint density at radius 3 is 2.74 bits per heavy atom. The number of carbonyl (C=O) groups is 1. The van der Waals surface area contributed by atoms with Crippen molar-refractivity contribution in [3.63, 3.8) is 0 Å². The number of benzene rings is 1. The van der Waals surface area contributed by atoms with Gasteiger partial charge in [-0.25, -0.2) is 4.79 Å². The Bertz CT molecular complexity index is 765. The third-order valence-corrected chi connectivity index (χ3v) is 4.03. The quantitative estimate of drug-likeness (QED) is 0.811. The average Bonchev–Trinajstić information content (AvgIpc) is 2.52. The van der Waals surface area contributed by atoms with E-state index in [4.69, 9.17) is 38.4 Å². The fourth-order valence-corrected chi connectivity index (χ4v) is 2.59. The van der Waals surface area contributed by atoms with Crippen LogP contribution in [0.5, 0.6) is 0 Å². The van der Waals surface area contributed by atoms with E-state index in [1.54, 1.807) is 25.1 Å². The van der Waals surface area contributed by atoms with Gasteiger partial charge < -0.3 is 19.9 Å². The highest BCUT2D eigenvalue weighted by Gasteiger charge is 2.36. The van der Waals surface area contributed by atoms with E-state index in [0.29, 0.717) is 10.6 Å². The molecule has 1 heterocycles. The van der Waals surface area contributed by atoms with Gasteiger partial charge in [-0.3, -0.25) is 0 Å². The maximum atomic E-state index is 11.5. The topological polar surface area (TPSA) is 94.6 Å². The third-order valence-electron chi connectivity index (χ3n) is 3.20. The third kappa shape index (κ3) is 3.21. The number of nitriles is 1. The molecule has 1 aliphatic rings. The Morgan fingerprint density at radius 2 is 2.13 bits per heavy atom. The molecule has 0 aliphatic carbocycles. The van der Waals surface area contributed by atoms with E-state index >= 15 is 0 Å². The zero-order chi connectivity index (χ0) is 17.1. The second-order valence-electron chi connectivity index (χ2n) is 4.54. The van der Waals surface area contributed by atoms with E-state index in [0.717, 1.165) is 0 Å². The first-order valence-electron chi connectivity index (χ1n) is 6.38. The number of halogens is 2. The maximum Gasteiger partial charge on any atom is 0.513 e. The molecular formula is C15H12Cl2N2O4. The van der Waals surface area contributed by atoms with Crippen molar-refractivity contribution in [1.29, 1.82) is 5.26 Å². The fraction of sp³-hybridized carbons (Fsp3) is 0.200. The summed E-state index contributed by atoms with van der Waals surface area (Å²) in [6.45, 7) is 1.55. The summed E-state index contributed by atoms with van der Waals surface area (Å²) >= 11 is 12.3. The van der Waals surface area contributed by atoms with E-state index in [9.17, 15) is 10.1 Å². The van der Waals surface area contributed by atoms with E-state index in [-0.39, 0.29) is 28.0 Å². The Morgan fingerprint density at radius 1 is 1.43 bits per heavy atom. The largest absolute Gasteiger partial charge is 0.513 e. The van der Waals surface area contributed by atoms with Crippen LogP contribution >= 0.6 is 23.2 Å². The monoisotopic (exact) mass is 354 g/mol. The van der Waals surface area contributed by atoms with Crippen molar-refractivity contribution in [3.05, 3.63) is 56.8 Å². The SMILES string of the molecule is COC(=O)OC1=C(C)OC(N)=C(C#N)C1c1cccc(Cl)c1Cl. The van der Waals surface area contributed by atoms with Gasteiger partial charge in [-0.2, -0.15) is 5.26 Å². The van der Waals surface area contributed by atoms with Crippen molar-refractivity contribution in [2.75, 3.05) is 7.11 Å². The number of methoxy groups -OCH3 is 1. The predicted molar refractivity (Wildman–Crippen MR) is 83.3 cm³/mol. The van der Waals surface area contributed by atoms with Gasteiger partial charge in [0, 0.05) is 0 Å². The molecule has 23 heavy (non-hydrogen) atoms. The van der Waals surface area contributed by atoms with Crippen LogP contribution in [0, 0.1) is 11.3 Å². The summed E-state index contributed by atoms with van der Waals surface area (Å²) in [7, 11) is 1.17. The molecule has 0 radical (unpaired) electrons. The smallest absolute Gasteiger partial charge is 0.442 e. The molecule has 8 heteroatoms. The second-order valence-corrected chi connectivity index (χ2v) is 5.33. The molecular weight excluding hydrogens is 343 g/mol. The maximum absolute atomic E-state index is 11.5. The lowest BCUT2D eigenvalue weighted by molar-refractivity contribution is 0.0857. The number of ether oxygens (including phenoxy) is 3. The molecule has 0 aromatic heterocycles. The number of rotatable bonds is 2. The predicted octanol–water partition coefficient (Wildman–Crippen LogP) is 3.82. The summed E-state index contributed by atoms with van der Waals surface area (Å²) in [6.07, 6.45) is -0.955. The zero-order valence-electron chi connectivity index (χ0n) is 12.2. The highest BCUT2D eigenvalue weighted by molar-refractivity contribution is 6.42. The fourth-order valence-electron chi connectivity index (χ4n) is 2.17. The van der Waals surface area contributed by atoms with E-state index in [1.807, 2.05) is 6.07 Å². The van der Waals surface area contributed by atoms with Gasteiger partial charge in [0.1, 0.15) is 17.4 Å². The molecule has 1 aromatic rings. The average molecular weight is 355 g/mol. The summed E-state index contributed by atoms with van der Waals surface area (Å²) in [4.78, 5) is 11.5. The van der Waals surface area contributed by atoms with Crippen molar-refractivity contribution in [2.24, 2.45) is 5.73 Å². The minimum Gasteiger partial charge on any atom is -0.442 e. The number of hydrogen-bond acceptors (Lipinski definition) is 6. The lowest BCUT2D eigenvalue weighted by Crippen LogP contribution is -2.23. The minimum atomic E-state index is -0.955. The molecule has 6 nitrogen and oxygen atoms in total. The van der Waals surface area contributed by atoms with Gasteiger partial charge in [-0.15, -0.1) is 0 Å². The van der Waals surface area contributed by atoms with E-state index in [1.165, 1.54) is 7.11 Å². The molecule has 2 rings (SSSR count). The summed E-state index contributed by atoms with van der Waals surface area (Å²) in [5.41, 5.74) is 6.29. The number of nitrogens with zero attached hydrogens (tertiary/aromatic N) is 1. The van der Waals surface area contributed by atoms with E-state index in [2.05, 4.69) is 4.74 Å². The van der Waals surface area contributed by atoms with Gasteiger partial charge in [0.2, 0.25) is 5.88 Å². The molecule has 1 aliphatic heterocycles. The van der Waals surface area contributed by atoms with Gasteiger partial charge in [-0.05, 0) is 18.6 Å². The summed E-state index contributed by atoms with van der Waals surface area (Å²) in [6, 6.07) is 6.87. The van der Waals surface area contributed by atoms with Crippen LogP contribution in [0.1, 0.15) is 18.4 Å². The van der Waals surface area contributed by atoms with Crippen LogP contribution in [0.2, 0.25) is 10.0 Å². The summed E-state index contributed by atoms with van der Waals surface area (Å²) in [5, 5.41) is 9.93. The number of nitrogens with two attached hydrogens (primary N) is 1. The van der Waals surface area contributed by atoms with Crippen molar-refractivity contribution in [2.45, 2.75) is 12.8 Å². The highest BCUT2D eigenvalue weighted by atomic mass is 35.5. The number of allylic oxidation sites excluding steroid dienone is 2. The van der Waals surface area contributed by atoms with Crippen molar-refractivity contribution in [3.8, 4) is 6.07 Å². The second kappa shape index (κ2) is 6.82. The highest BCUT2D eigenvalue weighted by Crippen LogP contribution is 2.43.